The quantitative estimate of drug-likeness (QED) is 0.497. The fourth-order valence-corrected chi connectivity index (χ4v) is 0.683. The number of rotatable bonds is 2. The maximum atomic E-state index is 2.27. The molecule has 0 aliphatic heterocycles. The predicted molar refractivity (Wildman–Crippen MR) is 43.5 cm³/mol. The van der Waals surface area contributed by atoms with Crippen LogP contribution in [0.5, 0.6) is 0 Å². The molecule has 0 atom stereocenters. The Morgan fingerprint density at radius 1 is 1.22 bits per heavy atom. The van der Waals surface area contributed by atoms with Crippen LogP contribution in [-0.2, 0) is 0 Å². The van der Waals surface area contributed by atoms with Crippen LogP contribution >= 0.6 is 0 Å². The van der Waals surface area contributed by atoms with E-state index in [9.17, 15) is 0 Å². The van der Waals surface area contributed by atoms with Crippen LogP contribution in [0.3, 0.4) is 0 Å². The van der Waals surface area contributed by atoms with Gasteiger partial charge in [0.25, 0.3) is 0 Å². The minimum Gasteiger partial charge on any atom is -0.0917 e. The third kappa shape index (κ3) is 7.74. The molecule has 0 rings (SSSR count). The Hall–Kier alpha value is -0.260. The molecule has 0 aromatic rings. The van der Waals surface area contributed by atoms with Crippen molar-refractivity contribution in [2.75, 3.05) is 0 Å². The molecular formula is C9H18. The summed E-state index contributed by atoms with van der Waals surface area (Å²) in [5.74, 6) is 0. The molecule has 0 unspecified atom stereocenters. The van der Waals surface area contributed by atoms with Gasteiger partial charge in [0, 0.05) is 0 Å². The normalized spacial score (nSPS) is 12.9. The van der Waals surface area contributed by atoms with E-state index in [1.54, 1.807) is 0 Å². The summed E-state index contributed by atoms with van der Waals surface area (Å²) in [7, 11) is 0. The second kappa shape index (κ2) is 3.71. The van der Waals surface area contributed by atoms with Gasteiger partial charge >= 0.3 is 0 Å². The van der Waals surface area contributed by atoms with Gasteiger partial charge in [-0.25, -0.2) is 0 Å². The smallest absolute Gasteiger partial charge is 0.0346 e. The van der Waals surface area contributed by atoms with Crippen molar-refractivity contribution in [3.63, 3.8) is 0 Å². The van der Waals surface area contributed by atoms with Crippen LogP contribution in [0.15, 0.2) is 12.2 Å². The maximum absolute atomic E-state index is 2.27. The monoisotopic (exact) mass is 126 g/mol. The molecule has 0 aliphatic rings. The molecule has 0 N–H and O–H groups in total. The highest BCUT2D eigenvalue weighted by Crippen LogP contribution is 2.20. The fourth-order valence-electron chi connectivity index (χ4n) is 0.683. The van der Waals surface area contributed by atoms with Gasteiger partial charge in [0.15, 0.2) is 0 Å². The Balaban J connectivity index is 3.28. The summed E-state index contributed by atoms with van der Waals surface area (Å²) in [6, 6.07) is 0. The second-order valence-electron chi connectivity index (χ2n) is 3.67. The lowest BCUT2D eigenvalue weighted by Gasteiger charge is -2.15. The number of allylic oxidation sites excluding steroid dienone is 2. The lowest BCUT2D eigenvalue weighted by Crippen LogP contribution is -2.02. The van der Waals surface area contributed by atoms with Crippen LogP contribution in [0.1, 0.15) is 40.5 Å². The van der Waals surface area contributed by atoms with Gasteiger partial charge in [-0.1, -0.05) is 32.9 Å². The van der Waals surface area contributed by atoms with Crippen LogP contribution < -0.4 is 0 Å². The molecule has 0 aromatic carbocycles. The topological polar surface area (TPSA) is 0 Å². The molecular weight excluding hydrogens is 108 g/mol. The van der Waals surface area contributed by atoms with E-state index in [-0.39, 0.29) is 0 Å². The summed E-state index contributed by atoms with van der Waals surface area (Å²) in [5, 5.41) is 0. The summed E-state index contributed by atoms with van der Waals surface area (Å²) in [4.78, 5) is 0. The van der Waals surface area contributed by atoms with E-state index in [2.05, 4.69) is 39.8 Å². The highest BCUT2D eigenvalue weighted by molar-refractivity contribution is 4.78. The highest BCUT2D eigenvalue weighted by Gasteiger charge is 2.06. The highest BCUT2D eigenvalue weighted by atomic mass is 14.1. The Morgan fingerprint density at radius 2 is 1.78 bits per heavy atom. The van der Waals surface area contributed by atoms with Gasteiger partial charge in [-0.3, -0.25) is 0 Å². The summed E-state index contributed by atoms with van der Waals surface area (Å²) in [5.41, 5.74) is 0.500. The van der Waals surface area contributed by atoms with E-state index < -0.39 is 0 Å². The van der Waals surface area contributed by atoms with Crippen molar-refractivity contribution >= 4 is 0 Å². The maximum Gasteiger partial charge on any atom is -0.0346 e. The zero-order valence-corrected chi connectivity index (χ0v) is 7.07. The molecule has 0 spiro atoms. The first kappa shape index (κ1) is 8.74. The van der Waals surface area contributed by atoms with Gasteiger partial charge in [-0.2, -0.15) is 0 Å². The Labute approximate surface area is 59.0 Å². The Bertz CT molecular complexity index is 82.7. The first-order valence-corrected chi connectivity index (χ1v) is 3.67. The first-order valence-electron chi connectivity index (χ1n) is 3.67. The van der Waals surface area contributed by atoms with Crippen molar-refractivity contribution in [2.24, 2.45) is 5.41 Å². The predicted octanol–water partition coefficient (Wildman–Crippen LogP) is 3.39. The van der Waals surface area contributed by atoms with Crippen LogP contribution in [0.25, 0.3) is 0 Å². The second-order valence-corrected chi connectivity index (χ2v) is 3.67. The third-order valence-electron chi connectivity index (χ3n) is 1.30. The zero-order chi connectivity index (χ0) is 7.33. The fraction of sp³-hybridized carbons (Fsp3) is 0.778. The van der Waals surface area contributed by atoms with Gasteiger partial charge in [0.2, 0.25) is 0 Å². The van der Waals surface area contributed by atoms with Crippen LogP contribution in [0.2, 0.25) is 0 Å². The van der Waals surface area contributed by atoms with Gasteiger partial charge in [0.05, 0.1) is 0 Å². The summed E-state index contributed by atoms with van der Waals surface area (Å²) < 4.78 is 0. The molecule has 54 valence electrons. The van der Waals surface area contributed by atoms with Gasteiger partial charge in [-0.05, 0) is 25.2 Å². The molecule has 0 fully saturated rings. The molecule has 0 heterocycles. The number of hydrogen-bond acceptors (Lipinski definition) is 0. The largest absolute Gasteiger partial charge is 0.0917 e. The molecule has 9 heavy (non-hydrogen) atoms. The van der Waals surface area contributed by atoms with E-state index in [1.165, 1.54) is 12.8 Å². The molecule has 0 aliphatic carbocycles. The minimum atomic E-state index is 0.500. The number of hydrogen-bond donors (Lipinski definition) is 0. The first-order chi connectivity index (χ1) is 4.06. The molecule has 0 radical (unpaired) electrons. The van der Waals surface area contributed by atoms with Gasteiger partial charge in [-0.15, -0.1) is 0 Å². The van der Waals surface area contributed by atoms with E-state index in [0.717, 1.165) is 0 Å². The average molecular weight is 126 g/mol. The van der Waals surface area contributed by atoms with Crippen molar-refractivity contribution in [1.82, 2.24) is 0 Å². The molecule has 0 saturated carbocycles. The van der Waals surface area contributed by atoms with Crippen LogP contribution in [0, 0.1) is 5.41 Å². The molecule has 0 nitrogen and oxygen atoms in total. The van der Waals surface area contributed by atoms with Crippen molar-refractivity contribution in [1.29, 1.82) is 0 Å². The molecule has 0 aromatic heterocycles. The molecule has 0 amide bonds. The van der Waals surface area contributed by atoms with E-state index >= 15 is 0 Å². The summed E-state index contributed by atoms with van der Waals surface area (Å²) >= 11 is 0. The SMILES string of the molecule is C/C=C/CCC(C)(C)C. The molecule has 0 heteroatoms. The Morgan fingerprint density at radius 3 is 2.11 bits per heavy atom. The zero-order valence-electron chi connectivity index (χ0n) is 7.07. The van der Waals surface area contributed by atoms with E-state index in [4.69, 9.17) is 0 Å². The lowest BCUT2D eigenvalue weighted by atomic mass is 9.91. The van der Waals surface area contributed by atoms with Crippen molar-refractivity contribution in [3.05, 3.63) is 12.2 Å². The molecule has 0 saturated heterocycles. The summed E-state index contributed by atoms with van der Waals surface area (Å²) in [6.45, 7) is 8.90. The van der Waals surface area contributed by atoms with Gasteiger partial charge in [0.1, 0.15) is 0 Å². The average Bonchev–Trinajstić information content (AvgIpc) is 1.63. The van der Waals surface area contributed by atoms with Crippen molar-refractivity contribution in [3.8, 4) is 0 Å². The standard InChI is InChI=1S/C9H18/c1-5-6-7-8-9(2,3)4/h5-6H,7-8H2,1-4H3/b6-5+. The van der Waals surface area contributed by atoms with Crippen LogP contribution in [-0.4, -0.2) is 0 Å². The van der Waals surface area contributed by atoms with Gasteiger partial charge < -0.3 is 0 Å². The van der Waals surface area contributed by atoms with Crippen LogP contribution in [0.4, 0.5) is 0 Å². The lowest BCUT2D eigenvalue weighted by molar-refractivity contribution is 0.381. The van der Waals surface area contributed by atoms with Crippen molar-refractivity contribution in [2.45, 2.75) is 40.5 Å². The third-order valence-corrected chi connectivity index (χ3v) is 1.30. The van der Waals surface area contributed by atoms with Crippen molar-refractivity contribution < 1.29 is 0 Å². The van der Waals surface area contributed by atoms with E-state index in [1.807, 2.05) is 0 Å². The minimum absolute atomic E-state index is 0.500. The Kier molecular flexibility index (Phi) is 3.60. The van der Waals surface area contributed by atoms with E-state index in [0.29, 0.717) is 5.41 Å². The summed E-state index contributed by atoms with van der Waals surface area (Å²) in [6.07, 6.45) is 6.86. The molecule has 0 bridgehead atoms.